The van der Waals surface area contributed by atoms with Gasteiger partial charge in [-0.15, -0.1) is 0 Å². The van der Waals surface area contributed by atoms with Crippen molar-refractivity contribution >= 4 is 11.8 Å². The zero-order chi connectivity index (χ0) is 10.9. The molecule has 0 bridgehead atoms. The molecule has 80 valence electrons. The molecule has 0 radical (unpaired) electrons. The lowest BCUT2D eigenvalue weighted by molar-refractivity contribution is 0.909. The molecule has 2 heteroatoms. The SMILES string of the molecule is CCCc1ccc(CCCSC#N)cc1. The van der Waals surface area contributed by atoms with E-state index in [9.17, 15) is 0 Å². The Morgan fingerprint density at radius 1 is 1.13 bits per heavy atom. The minimum Gasteiger partial charge on any atom is -0.185 e. The monoisotopic (exact) mass is 219 g/mol. The van der Waals surface area contributed by atoms with Gasteiger partial charge in [0.15, 0.2) is 0 Å². The average molecular weight is 219 g/mol. The van der Waals surface area contributed by atoms with Gasteiger partial charge in [0, 0.05) is 5.75 Å². The quantitative estimate of drug-likeness (QED) is 0.537. The highest BCUT2D eigenvalue weighted by molar-refractivity contribution is 8.03. The fourth-order valence-corrected chi connectivity index (χ4v) is 1.94. The summed E-state index contributed by atoms with van der Waals surface area (Å²) in [6.45, 7) is 2.20. The van der Waals surface area contributed by atoms with Crippen LogP contribution in [0.3, 0.4) is 0 Å². The molecule has 1 nitrogen and oxygen atoms in total. The Labute approximate surface area is 96.5 Å². The number of hydrogen-bond donors (Lipinski definition) is 0. The van der Waals surface area contributed by atoms with Crippen molar-refractivity contribution < 1.29 is 0 Å². The molecule has 0 aromatic heterocycles. The molecule has 0 N–H and O–H groups in total. The van der Waals surface area contributed by atoms with E-state index in [1.165, 1.54) is 35.7 Å². The van der Waals surface area contributed by atoms with Crippen LogP contribution in [0.15, 0.2) is 24.3 Å². The lowest BCUT2D eigenvalue weighted by Gasteiger charge is -2.02. The highest BCUT2D eigenvalue weighted by atomic mass is 32.2. The van der Waals surface area contributed by atoms with E-state index in [0.717, 1.165) is 18.6 Å². The van der Waals surface area contributed by atoms with Gasteiger partial charge < -0.3 is 0 Å². The zero-order valence-corrected chi connectivity index (χ0v) is 10.0. The van der Waals surface area contributed by atoms with Crippen molar-refractivity contribution in [3.63, 3.8) is 0 Å². The van der Waals surface area contributed by atoms with Gasteiger partial charge in [-0.1, -0.05) is 37.6 Å². The normalized spacial score (nSPS) is 9.87. The van der Waals surface area contributed by atoms with Crippen LogP contribution in [0, 0.1) is 10.7 Å². The van der Waals surface area contributed by atoms with E-state index >= 15 is 0 Å². The summed E-state index contributed by atoms with van der Waals surface area (Å²) in [5.41, 5.74) is 2.81. The highest BCUT2D eigenvalue weighted by Gasteiger charge is 1.95. The van der Waals surface area contributed by atoms with Gasteiger partial charge in [0.1, 0.15) is 5.40 Å². The topological polar surface area (TPSA) is 23.8 Å². The molecule has 0 spiro atoms. The fraction of sp³-hybridized carbons (Fsp3) is 0.462. The minimum absolute atomic E-state index is 0.938. The molecule has 0 saturated carbocycles. The first-order valence-electron chi connectivity index (χ1n) is 5.45. The van der Waals surface area contributed by atoms with Crippen LogP contribution in [-0.2, 0) is 12.8 Å². The maximum atomic E-state index is 8.37. The summed E-state index contributed by atoms with van der Waals surface area (Å²) in [6, 6.07) is 8.86. The zero-order valence-electron chi connectivity index (χ0n) is 9.20. The largest absolute Gasteiger partial charge is 0.185 e. The lowest BCUT2D eigenvalue weighted by Crippen LogP contribution is -1.89. The molecule has 0 atom stereocenters. The molecule has 15 heavy (non-hydrogen) atoms. The predicted molar refractivity (Wildman–Crippen MR) is 66.8 cm³/mol. The molecule has 0 saturated heterocycles. The molecule has 0 aliphatic rings. The van der Waals surface area contributed by atoms with Gasteiger partial charge in [0.25, 0.3) is 0 Å². The van der Waals surface area contributed by atoms with Crippen molar-refractivity contribution in [1.29, 1.82) is 5.26 Å². The molecule has 1 rings (SSSR count). The maximum absolute atomic E-state index is 8.37. The first-order chi connectivity index (χ1) is 7.36. The standard InChI is InChI=1S/C13H17NS/c1-2-4-12-6-8-13(9-7-12)5-3-10-15-11-14/h6-9H,2-5,10H2,1H3. The van der Waals surface area contributed by atoms with Crippen LogP contribution >= 0.6 is 11.8 Å². The van der Waals surface area contributed by atoms with Crippen LogP contribution in [0.2, 0.25) is 0 Å². The molecule has 0 fully saturated rings. The van der Waals surface area contributed by atoms with Crippen molar-refractivity contribution in [3.8, 4) is 5.40 Å². The van der Waals surface area contributed by atoms with Gasteiger partial charge in [-0.25, -0.2) is 0 Å². The summed E-state index contributed by atoms with van der Waals surface area (Å²) in [7, 11) is 0. The molecular formula is C13H17NS. The van der Waals surface area contributed by atoms with Crippen LogP contribution in [-0.4, -0.2) is 5.75 Å². The third-order valence-electron chi connectivity index (χ3n) is 2.34. The van der Waals surface area contributed by atoms with Crippen LogP contribution < -0.4 is 0 Å². The molecule has 0 heterocycles. The second-order valence-electron chi connectivity index (χ2n) is 3.61. The second kappa shape index (κ2) is 7.36. The average Bonchev–Trinajstić information content (AvgIpc) is 2.27. The number of thioether (sulfide) groups is 1. The van der Waals surface area contributed by atoms with Gasteiger partial charge in [0.05, 0.1) is 0 Å². The Morgan fingerprint density at radius 3 is 2.27 bits per heavy atom. The van der Waals surface area contributed by atoms with E-state index < -0.39 is 0 Å². The Bertz CT molecular complexity index is 310. The first kappa shape index (κ1) is 12.1. The van der Waals surface area contributed by atoms with Crippen LogP contribution in [0.5, 0.6) is 0 Å². The molecule has 0 amide bonds. The van der Waals surface area contributed by atoms with E-state index in [2.05, 4.69) is 36.6 Å². The van der Waals surface area contributed by atoms with Gasteiger partial charge in [-0.3, -0.25) is 0 Å². The third kappa shape index (κ3) is 4.90. The van der Waals surface area contributed by atoms with E-state index in [4.69, 9.17) is 5.26 Å². The predicted octanol–water partition coefficient (Wildman–Crippen LogP) is 3.79. The molecule has 1 aromatic rings. The van der Waals surface area contributed by atoms with Crippen molar-refractivity contribution in [2.75, 3.05) is 5.75 Å². The van der Waals surface area contributed by atoms with E-state index in [-0.39, 0.29) is 0 Å². The fourth-order valence-electron chi connectivity index (χ4n) is 1.56. The van der Waals surface area contributed by atoms with Crippen LogP contribution in [0.4, 0.5) is 0 Å². The highest BCUT2D eigenvalue weighted by Crippen LogP contribution is 2.10. The lowest BCUT2D eigenvalue weighted by atomic mass is 10.1. The van der Waals surface area contributed by atoms with Crippen molar-refractivity contribution in [3.05, 3.63) is 35.4 Å². The van der Waals surface area contributed by atoms with Gasteiger partial charge in [0.2, 0.25) is 0 Å². The number of hydrogen-bond acceptors (Lipinski definition) is 2. The Kier molecular flexibility index (Phi) is 5.96. The Hall–Kier alpha value is -0.940. The molecule has 0 unspecified atom stereocenters. The van der Waals surface area contributed by atoms with Crippen molar-refractivity contribution in [2.45, 2.75) is 32.6 Å². The second-order valence-corrected chi connectivity index (χ2v) is 4.49. The number of benzene rings is 1. The van der Waals surface area contributed by atoms with Crippen LogP contribution in [0.25, 0.3) is 0 Å². The summed E-state index contributed by atoms with van der Waals surface area (Å²) in [6.07, 6.45) is 4.55. The number of nitrogens with zero attached hydrogens (tertiary/aromatic N) is 1. The Morgan fingerprint density at radius 2 is 1.73 bits per heavy atom. The summed E-state index contributed by atoms with van der Waals surface area (Å²) < 4.78 is 0. The first-order valence-corrected chi connectivity index (χ1v) is 6.44. The summed E-state index contributed by atoms with van der Waals surface area (Å²) in [5.74, 6) is 0.938. The smallest absolute Gasteiger partial charge is 0.133 e. The van der Waals surface area contributed by atoms with Gasteiger partial charge in [-0.05, 0) is 42.2 Å². The summed E-state index contributed by atoms with van der Waals surface area (Å²) in [5, 5.41) is 10.5. The maximum Gasteiger partial charge on any atom is 0.133 e. The number of aryl methyl sites for hydroxylation is 2. The van der Waals surface area contributed by atoms with Crippen molar-refractivity contribution in [1.82, 2.24) is 0 Å². The molecule has 1 aromatic carbocycles. The van der Waals surface area contributed by atoms with Crippen molar-refractivity contribution in [2.24, 2.45) is 0 Å². The van der Waals surface area contributed by atoms with E-state index in [1.807, 2.05) is 0 Å². The molecule has 0 aliphatic carbocycles. The van der Waals surface area contributed by atoms with Gasteiger partial charge >= 0.3 is 0 Å². The third-order valence-corrected chi connectivity index (χ3v) is 2.96. The summed E-state index contributed by atoms with van der Waals surface area (Å²) >= 11 is 1.34. The number of nitriles is 1. The summed E-state index contributed by atoms with van der Waals surface area (Å²) in [4.78, 5) is 0. The van der Waals surface area contributed by atoms with E-state index in [0.29, 0.717) is 0 Å². The van der Waals surface area contributed by atoms with E-state index in [1.54, 1.807) is 0 Å². The minimum atomic E-state index is 0.938. The van der Waals surface area contributed by atoms with Gasteiger partial charge in [-0.2, -0.15) is 5.26 Å². The number of thiocyanates is 1. The molecular weight excluding hydrogens is 202 g/mol. The Balaban J connectivity index is 2.33. The molecule has 0 aliphatic heterocycles. The van der Waals surface area contributed by atoms with Crippen LogP contribution in [0.1, 0.15) is 30.9 Å². The number of rotatable bonds is 6.